The zero-order chi connectivity index (χ0) is 82.4. The number of carbonyl (C=O) groups is 1. The van der Waals surface area contributed by atoms with E-state index in [1.165, 1.54) is 205 Å². The second kappa shape index (κ2) is 73.1. The highest BCUT2D eigenvalue weighted by molar-refractivity contribution is 5.76. The highest BCUT2D eigenvalue weighted by atomic mass is 16.8. The van der Waals surface area contributed by atoms with Gasteiger partial charge in [-0.05, 0) is 96.3 Å². The number of nitrogens with one attached hydrogen (secondary N) is 1. The summed E-state index contributed by atoms with van der Waals surface area (Å²) < 4.78 is 34.5. The van der Waals surface area contributed by atoms with Crippen LogP contribution in [0.3, 0.4) is 0 Å². The highest BCUT2D eigenvalue weighted by Crippen LogP contribution is 2.33. The lowest BCUT2D eigenvalue weighted by Crippen LogP contribution is -2.66. The molecule has 1 amide bonds. The molecular weight excluding hydrogens is 1440 g/mol. The third kappa shape index (κ3) is 51.0. The summed E-state index contributed by atoms with van der Waals surface area (Å²) in [6.07, 6.45) is 77.7. The molecule has 658 valence electrons. The normalized spacial score (nSPS) is 25.3. The lowest BCUT2D eigenvalue weighted by Gasteiger charge is -2.48. The van der Waals surface area contributed by atoms with Crippen LogP contribution >= 0.6 is 0 Å². The number of amides is 1. The monoisotopic (exact) mass is 1610 g/mol. The summed E-state index contributed by atoms with van der Waals surface area (Å²) in [7, 11) is 0. The first kappa shape index (κ1) is 104. The molecule has 0 aromatic heterocycles. The smallest absolute Gasteiger partial charge is 0.220 e. The average molecular weight is 1610 g/mol. The fourth-order valence-corrected chi connectivity index (χ4v) is 14.8. The first-order chi connectivity index (χ1) is 55.8. The minimum atomic E-state index is -1.99. The molecule has 3 fully saturated rings. The van der Waals surface area contributed by atoms with Crippen molar-refractivity contribution in [1.82, 2.24) is 5.32 Å². The molecule has 3 rings (SSSR count). The molecule has 114 heavy (non-hydrogen) atoms. The molecule has 3 aliphatic rings. The Kier molecular flexibility index (Phi) is 67.0. The molecule has 0 aliphatic carbocycles. The van der Waals surface area contributed by atoms with Crippen LogP contribution in [0.5, 0.6) is 0 Å². The lowest BCUT2D eigenvalue weighted by molar-refractivity contribution is -0.379. The fraction of sp³-hybridized carbons (Fsp3) is 0.779. The molecule has 0 bridgehead atoms. The minimum Gasteiger partial charge on any atom is -0.394 e. The Labute approximate surface area is 690 Å². The average Bonchev–Trinajstić information content (AvgIpc) is 0.783. The molecule has 3 heterocycles. The summed E-state index contributed by atoms with van der Waals surface area (Å²) in [5.74, 6) is -0.286. The van der Waals surface area contributed by atoms with E-state index >= 15 is 0 Å². The van der Waals surface area contributed by atoms with Gasteiger partial charge in [0.2, 0.25) is 5.91 Å². The molecular formula is C95H165NO18. The van der Waals surface area contributed by atoms with Crippen LogP contribution in [-0.4, -0.2) is 193 Å². The van der Waals surface area contributed by atoms with Gasteiger partial charge in [0, 0.05) is 6.42 Å². The predicted molar refractivity (Wildman–Crippen MR) is 461 cm³/mol. The summed E-state index contributed by atoms with van der Waals surface area (Å²) in [4.78, 5) is 13.5. The highest BCUT2D eigenvalue weighted by Gasteiger charge is 2.54. The molecule has 17 unspecified atom stereocenters. The van der Waals surface area contributed by atoms with Crippen molar-refractivity contribution in [2.24, 2.45) is 0 Å². The first-order valence-corrected chi connectivity index (χ1v) is 45.8. The van der Waals surface area contributed by atoms with E-state index in [9.17, 15) is 61.0 Å². The number of ether oxygens (including phenoxy) is 6. The van der Waals surface area contributed by atoms with Crippen molar-refractivity contribution >= 4 is 5.91 Å². The van der Waals surface area contributed by atoms with E-state index in [1.807, 2.05) is 6.08 Å². The van der Waals surface area contributed by atoms with Crippen LogP contribution in [-0.2, 0) is 33.2 Å². The van der Waals surface area contributed by atoms with Crippen LogP contribution in [0.1, 0.15) is 341 Å². The number of unbranched alkanes of at least 4 members (excludes halogenated alkanes) is 39. The van der Waals surface area contributed by atoms with Gasteiger partial charge in [0.25, 0.3) is 0 Å². The Morgan fingerprint density at radius 3 is 0.982 bits per heavy atom. The number of rotatable bonds is 73. The Morgan fingerprint density at radius 2 is 0.614 bits per heavy atom. The van der Waals surface area contributed by atoms with Gasteiger partial charge in [-0.2, -0.15) is 0 Å². The predicted octanol–water partition coefficient (Wildman–Crippen LogP) is 17.8. The number of aliphatic hydroxyl groups excluding tert-OH is 11. The van der Waals surface area contributed by atoms with Crippen LogP contribution in [0, 0.1) is 0 Å². The number of hydrogen-bond donors (Lipinski definition) is 12. The van der Waals surface area contributed by atoms with Crippen LogP contribution in [0.4, 0.5) is 0 Å². The Bertz CT molecular complexity index is 2530. The maximum absolute atomic E-state index is 13.5. The van der Waals surface area contributed by atoms with Gasteiger partial charge in [-0.1, -0.05) is 360 Å². The van der Waals surface area contributed by atoms with Crippen molar-refractivity contribution in [3.8, 4) is 0 Å². The Hall–Kier alpha value is -3.81. The van der Waals surface area contributed by atoms with E-state index in [-0.39, 0.29) is 18.9 Å². The van der Waals surface area contributed by atoms with E-state index in [4.69, 9.17) is 28.4 Å². The van der Waals surface area contributed by atoms with Gasteiger partial charge in [-0.25, -0.2) is 0 Å². The maximum atomic E-state index is 13.5. The first-order valence-electron chi connectivity index (χ1n) is 45.8. The maximum Gasteiger partial charge on any atom is 0.220 e. The SMILES string of the molecule is CC/C=C\C/C=C\C/C=C\C/C=C\C/C=C\C/C=C\C/C=C\C/C=C\CCCCCCCCCCCCCCCCC(=O)NC(COC1OC(CO)C(OC2OC(CO)C(OC3OC(CO)C(O)C(O)C3O)C(O)C2O)C(O)C1O)C(O)/C=C/CC/C=C/CCCCCCCCCCCCCCCCCCCCCCCCCC. The molecule has 19 nitrogen and oxygen atoms in total. The summed E-state index contributed by atoms with van der Waals surface area (Å²) in [6.45, 7) is 1.64. The van der Waals surface area contributed by atoms with Crippen LogP contribution in [0.15, 0.2) is 122 Å². The van der Waals surface area contributed by atoms with E-state index < -0.39 is 124 Å². The summed E-state index contributed by atoms with van der Waals surface area (Å²) in [5.41, 5.74) is 0. The van der Waals surface area contributed by atoms with Gasteiger partial charge in [-0.15, -0.1) is 0 Å². The molecule has 3 aliphatic heterocycles. The molecule has 0 spiro atoms. The van der Waals surface area contributed by atoms with E-state index in [0.717, 1.165) is 103 Å². The van der Waals surface area contributed by atoms with Crippen LogP contribution in [0.25, 0.3) is 0 Å². The summed E-state index contributed by atoms with van der Waals surface area (Å²) in [5, 5.41) is 121. The standard InChI is InChI=1S/C95H165NO18/c1-3-5-7-9-11-13-15-17-19-21-23-25-27-29-31-33-35-36-37-38-39-40-41-42-43-45-47-49-51-53-55-57-59-61-63-65-67-69-71-73-83(101)96-78(79(100)72-70-68-66-64-62-60-58-56-54-52-50-48-46-44-34-32-30-28-26-24-22-20-18-16-14-12-10-8-6-4-2)77-109-93-89(107)86(104)91(81(75-98)111-93)114-95-90(108)87(105)92(82(76-99)112-95)113-94-88(106)85(103)84(102)80(74-97)110-94/h5,7,11,13,17,19,23,25,29,31,35-36,38-39,41-42,62,64,70,72,78-82,84-95,97-100,102-108H,3-4,6,8-10,12,14-16,18,20-22,24,26-28,30,32-34,37,40,43-61,63,65-69,71,73-77H2,1-2H3,(H,96,101)/b7-5-,13-11-,19-17-,25-23-,31-29-,36-35-,39-38-,42-41-,64-62+,72-70+. The third-order valence-electron chi connectivity index (χ3n) is 22.0. The molecule has 0 radical (unpaired) electrons. The zero-order valence-corrected chi connectivity index (χ0v) is 71.0. The van der Waals surface area contributed by atoms with Crippen molar-refractivity contribution in [2.45, 2.75) is 446 Å². The topological polar surface area (TPSA) is 307 Å². The van der Waals surface area contributed by atoms with Crippen molar-refractivity contribution in [3.63, 3.8) is 0 Å². The minimum absolute atomic E-state index is 0.229. The molecule has 0 aromatic rings. The molecule has 17 atom stereocenters. The Morgan fingerprint density at radius 1 is 0.325 bits per heavy atom. The summed E-state index contributed by atoms with van der Waals surface area (Å²) in [6, 6.07) is -1.000. The molecule has 0 aromatic carbocycles. The van der Waals surface area contributed by atoms with Crippen molar-refractivity contribution in [1.29, 1.82) is 0 Å². The van der Waals surface area contributed by atoms with Crippen molar-refractivity contribution < 1.29 is 89.4 Å². The van der Waals surface area contributed by atoms with Gasteiger partial charge < -0.3 is 89.9 Å². The van der Waals surface area contributed by atoms with Gasteiger partial charge in [0.05, 0.1) is 38.6 Å². The van der Waals surface area contributed by atoms with Crippen molar-refractivity contribution in [3.05, 3.63) is 122 Å². The van der Waals surface area contributed by atoms with Crippen molar-refractivity contribution in [2.75, 3.05) is 26.4 Å². The zero-order valence-electron chi connectivity index (χ0n) is 71.0. The van der Waals surface area contributed by atoms with E-state index in [0.29, 0.717) is 12.8 Å². The molecule has 0 saturated carbocycles. The molecule has 3 saturated heterocycles. The Balaban J connectivity index is 1.33. The number of hydrogen-bond acceptors (Lipinski definition) is 18. The second-order valence-corrected chi connectivity index (χ2v) is 32.0. The fourth-order valence-electron chi connectivity index (χ4n) is 14.8. The third-order valence-corrected chi connectivity index (χ3v) is 22.0. The number of carbonyl (C=O) groups excluding carboxylic acids is 1. The number of allylic oxidation sites excluding steroid dienone is 19. The van der Waals surface area contributed by atoms with E-state index in [2.05, 4.69) is 129 Å². The number of aliphatic hydroxyl groups is 11. The van der Waals surface area contributed by atoms with Gasteiger partial charge in [-0.3, -0.25) is 4.79 Å². The van der Waals surface area contributed by atoms with Gasteiger partial charge in [0.1, 0.15) is 73.2 Å². The van der Waals surface area contributed by atoms with Gasteiger partial charge in [0.15, 0.2) is 18.9 Å². The summed E-state index contributed by atoms with van der Waals surface area (Å²) >= 11 is 0. The van der Waals surface area contributed by atoms with Crippen LogP contribution in [0.2, 0.25) is 0 Å². The van der Waals surface area contributed by atoms with E-state index in [1.54, 1.807) is 6.08 Å². The lowest BCUT2D eigenvalue weighted by atomic mass is 9.96. The van der Waals surface area contributed by atoms with Crippen LogP contribution < -0.4 is 5.32 Å². The molecule has 19 heteroatoms. The van der Waals surface area contributed by atoms with Gasteiger partial charge >= 0.3 is 0 Å². The second-order valence-electron chi connectivity index (χ2n) is 32.0. The quantitative estimate of drug-likeness (QED) is 0.0199. The molecule has 12 N–H and O–H groups in total. The largest absolute Gasteiger partial charge is 0.394 e.